The Balaban J connectivity index is 1.90. The number of amides is 1. The Hall–Kier alpha value is -2.04. The van der Waals surface area contributed by atoms with Crippen molar-refractivity contribution in [2.75, 3.05) is 13.7 Å². The molecule has 1 N–H and O–H groups in total. The molecule has 1 aliphatic heterocycles. The molecule has 24 heavy (non-hydrogen) atoms. The number of likely N-dealkylation sites (tertiary alicyclic amines) is 1. The van der Waals surface area contributed by atoms with Crippen LogP contribution >= 0.6 is 0 Å². The minimum Gasteiger partial charge on any atom is -0.504 e. The van der Waals surface area contributed by atoms with Gasteiger partial charge in [0.2, 0.25) is 5.91 Å². The minimum absolute atomic E-state index is 0.103. The summed E-state index contributed by atoms with van der Waals surface area (Å²) in [5.41, 5.74) is 1.99. The van der Waals surface area contributed by atoms with Crippen LogP contribution in [0.15, 0.2) is 12.1 Å². The molecule has 1 saturated carbocycles. The zero-order valence-electron chi connectivity index (χ0n) is 14.2. The maximum Gasteiger partial charge on any atom is 0.219 e. The van der Waals surface area contributed by atoms with E-state index in [0.717, 1.165) is 30.4 Å². The lowest BCUT2D eigenvalue weighted by Crippen LogP contribution is -2.62. The number of phenols is 1. The van der Waals surface area contributed by atoms with Gasteiger partial charge in [0.25, 0.3) is 0 Å². The highest BCUT2D eigenvalue weighted by atomic mass is 16.5. The van der Waals surface area contributed by atoms with Gasteiger partial charge in [0.15, 0.2) is 11.5 Å². The molecule has 1 amide bonds. The van der Waals surface area contributed by atoms with Gasteiger partial charge in [-0.05, 0) is 48.4 Å². The smallest absolute Gasteiger partial charge is 0.219 e. The molecular formula is C19H23NO4. The first-order valence-electron chi connectivity index (χ1n) is 8.65. The van der Waals surface area contributed by atoms with E-state index >= 15 is 0 Å². The highest BCUT2D eigenvalue weighted by Gasteiger charge is 2.56. The number of piperidine rings is 1. The van der Waals surface area contributed by atoms with Crippen LogP contribution in [0.1, 0.15) is 43.7 Å². The van der Waals surface area contributed by atoms with E-state index in [4.69, 9.17) is 4.74 Å². The third kappa shape index (κ3) is 2.00. The molecule has 128 valence electrons. The number of hydrogen-bond acceptors (Lipinski definition) is 4. The third-order valence-electron chi connectivity index (χ3n) is 6.39. The molecule has 2 fully saturated rings. The second kappa shape index (κ2) is 5.23. The highest BCUT2D eigenvalue weighted by molar-refractivity contribution is 5.82. The van der Waals surface area contributed by atoms with E-state index in [1.807, 2.05) is 11.0 Å². The Morgan fingerprint density at radius 1 is 1.42 bits per heavy atom. The SMILES string of the molecule is COc1cc2c(cc1O)CC1C3CCC(=O)CC23CCN1C(C)=O. The van der Waals surface area contributed by atoms with Crippen molar-refractivity contribution in [3.05, 3.63) is 23.3 Å². The van der Waals surface area contributed by atoms with E-state index in [1.54, 1.807) is 20.1 Å². The standard InChI is InChI=1S/C19H23NO4/c1-11(21)20-6-5-19-10-13(22)3-4-14(19)16(20)7-12-8-17(23)18(24-2)9-15(12)19/h8-9,14,16,23H,3-7,10H2,1-2H3. The Morgan fingerprint density at radius 2 is 2.21 bits per heavy atom. The van der Waals surface area contributed by atoms with Gasteiger partial charge in [0, 0.05) is 37.8 Å². The van der Waals surface area contributed by atoms with Crippen molar-refractivity contribution in [2.24, 2.45) is 5.92 Å². The van der Waals surface area contributed by atoms with Crippen molar-refractivity contribution in [1.82, 2.24) is 4.90 Å². The number of ketones is 1. The number of ether oxygens (including phenoxy) is 1. The molecule has 5 nitrogen and oxygen atoms in total. The molecule has 5 heteroatoms. The summed E-state index contributed by atoms with van der Waals surface area (Å²) in [6.07, 6.45) is 3.55. The number of carbonyl (C=O) groups is 2. The summed E-state index contributed by atoms with van der Waals surface area (Å²) in [6.45, 7) is 2.33. The highest BCUT2D eigenvalue weighted by Crippen LogP contribution is 2.56. The zero-order valence-corrected chi connectivity index (χ0v) is 14.2. The first kappa shape index (κ1) is 15.5. The van der Waals surface area contributed by atoms with Crippen molar-refractivity contribution in [1.29, 1.82) is 0 Å². The van der Waals surface area contributed by atoms with E-state index in [-0.39, 0.29) is 23.1 Å². The molecule has 1 aromatic rings. The zero-order chi connectivity index (χ0) is 17.1. The van der Waals surface area contributed by atoms with E-state index in [0.29, 0.717) is 36.8 Å². The van der Waals surface area contributed by atoms with Gasteiger partial charge < -0.3 is 14.7 Å². The molecule has 0 radical (unpaired) electrons. The van der Waals surface area contributed by atoms with Crippen LogP contribution in [-0.4, -0.2) is 41.4 Å². The van der Waals surface area contributed by atoms with Crippen molar-refractivity contribution in [2.45, 2.75) is 50.5 Å². The summed E-state index contributed by atoms with van der Waals surface area (Å²) >= 11 is 0. The van der Waals surface area contributed by atoms with E-state index in [9.17, 15) is 14.7 Å². The number of rotatable bonds is 1. The normalized spacial score (nSPS) is 31.2. The van der Waals surface area contributed by atoms with Crippen molar-refractivity contribution < 1.29 is 19.4 Å². The van der Waals surface area contributed by atoms with Crippen LogP contribution in [0, 0.1) is 5.92 Å². The predicted octanol–water partition coefficient (Wildman–Crippen LogP) is 2.18. The van der Waals surface area contributed by atoms with Crippen LogP contribution in [-0.2, 0) is 21.4 Å². The summed E-state index contributed by atoms with van der Waals surface area (Å²) in [4.78, 5) is 26.4. The van der Waals surface area contributed by atoms with Gasteiger partial charge >= 0.3 is 0 Å². The van der Waals surface area contributed by atoms with Gasteiger partial charge in [-0.2, -0.15) is 0 Å². The number of phenolic OH excluding ortho intramolecular Hbond substituents is 1. The quantitative estimate of drug-likeness (QED) is 0.857. The molecule has 1 heterocycles. The number of nitrogens with zero attached hydrogens (tertiary/aromatic N) is 1. The van der Waals surface area contributed by atoms with Gasteiger partial charge in [0.1, 0.15) is 5.78 Å². The fraction of sp³-hybridized carbons (Fsp3) is 0.579. The fourth-order valence-electron chi connectivity index (χ4n) is 5.41. The molecule has 0 aromatic heterocycles. The van der Waals surface area contributed by atoms with E-state index in [2.05, 4.69) is 0 Å². The topological polar surface area (TPSA) is 66.8 Å². The number of hydrogen-bond donors (Lipinski definition) is 1. The second-order valence-electron chi connectivity index (χ2n) is 7.43. The number of aromatic hydroxyl groups is 1. The lowest BCUT2D eigenvalue weighted by Gasteiger charge is -2.58. The first-order chi connectivity index (χ1) is 11.5. The van der Waals surface area contributed by atoms with Crippen LogP contribution in [0.3, 0.4) is 0 Å². The van der Waals surface area contributed by atoms with Crippen LogP contribution in [0.25, 0.3) is 0 Å². The van der Waals surface area contributed by atoms with Gasteiger partial charge in [0.05, 0.1) is 7.11 Å². The van der Waals surface area contributed by atoms with E-state index in [1.165, 1.54) is 0 Å². The fourth-order valence-corrected chi connectivity index (χ4v) is 5.41. The maximum absolute atomic E-state index is 12.3. The molecule has 2 aliphatic carbocycles. The van der Waals surface area contributed by atoms with Crippen LogP contribution in [0.2, 0.25) is 0 Å². The van der Waals surface area contributed by atoms with Crippen LogP contribution in [0.4, 0.5) is 0 Å². The van der Waals surface area contributed by atoms with Crippen LogP contribution in [0.5, 0.6) is 11.5 Å². The number of benzene rings is 1. The largest absolute Gasteiger partial charge is 0.504 e. The van der Waals surface area contributed by atoms with Gasteiger partial charge in [-0.3, -0.25) is 9.59 Å². The number of Topliss-reactive ketones (excluding diaryl/α,β-unsaturated/α-hetero) is 1. The number of carbonyl (C=O) groups excluding carboxylic acids is 2. The van der Waals surface area contributed by atoms with Crippen molar-refractivity contribution in [3.63, 3.8) is 0 Å². The average Bonchev–Trinajstić information content (AvgIpc) is 2.53. The summed E-state index contributed by atoms with van der Waals surface area (Å²) < 4.78 is 5.31. The molecule has 3 aliphatic rings. The molecule has 4 rings (SSSR count). The summed E-state index contributed by atoms with van der Waals surface area (Å²) in [6, 6.07) is 3.82. The number of fused-ring (bicyclic) bond motifs is 1. The van der Waals surface area contributed by atoms with Gasteiger partial charge in [-0.1, -0.05) is 0 Å². The predicted molar refractivity (Wildman–Crippen MR) is 88.2 cm³/mol. The molecule has 3 atom stereocenters. The lowest BCUT2D eigenvalue weighted by molar-refractivity contribution is -0.140. The molecular weight excluding hydrogens is 306 g/mol. The Morgan fingerprint density at radius 3 is 2.92 bits per heavy atom. The second-order valence-corrected chi connectivity index (χ2v) is 7.43. The monoisotopic (exact) mass is 329 g/mol. The molecule has 0 spiro atoms. The van der Waals surface area contributed by atoms with Gasteiger partial charge in [-0.25, -0.2) is 0 Å². The summed E-state index contributed by atoms with van der Waals surface area (Å²) in [5, 5.41) is 10.2. The summed E-state index contributed by atoms with van der Waals surface area (Å²) in [7, 11) is 1.55. The molecule has 1 aromatic carbocycles. The van der Waals surface area contributed by atoms with Crippen LogP contribution < -0.4 is 4.74 Å². The molecule has 2 bridgehead atoms. The summed E-state index contributed by atoms with van der Waals surface area (Å²) in [5.74, 6) is 1.32. The Bertz CT molecular complexity index is 728. The lowest BCUT2D eigenvalue weighted by atomic mass is 9.52. The van der Waals surface area contributed by atoms with Crippen molar-refractivity contribution in [3.8, 4) is 11.5 Å². The van der Waals surface area contributed by atoms with Crippen molar-refractivity contribution >= 4 is 11.7 Å². The Labute approximate surface area is 141 Å². The first-order valence-corrected chi connectivity index (χ1v) is 8.65. The third-order valence-corrected chi connectivity index (χ3v) is 6.39. The molecule has 1 saturated heterocycles. The molecule has 3 unspecified atom stereocenters. The average molecular weight is 329 g/mol. The van der Waals surface area contributed by atoms with Gasteiger partial charge in [-0.15, -0.1) is 0 Å². The maximum atomic E-state index is 12.3. The number of methoxy groups -OCH3 is 1. The minimum atomic E-state index is -0.208. The Kier molecular flexibility index (Phi) is 3.37. The van der Waals surface area contributed by atoms with E-state index < -0.39 is 0 Å².